The van der Waals surface area contributed by atoms with Crippen LogP contribution in [0, 0.1) is 12.1 Å². The predicted molar refractivity (Wildman–Crippen MR) is 38.0 cm³/mol. The summed E-state index contributed by atoms with van der Waals surface area (Å²) in [5.74, 6) is -2.30. The molecule has 1 aromatic carbocycles. The van der Waals surface area contributed by atoms with Gasteiger partial charge in [0.2, 0.25) is 11.9 Å². The molecule has 0 saturated carbocycles. The van der Waals surface area contributed by atoms with Crippen molar-refractivity contribution in [2.45, 2.75) is 0 Å². The van der Waals surface area contributed by atoms with Crippen molar-refractivity contribution in [1.29, 1.82) is 0 Å². The maximum atomic E-state index is 10.3. The summed E-state index contributed by atoms with van der Waals surface area (Å²) in [7, 11) is 0. The molecular weight excluding hydrogens is 174 g/mol. The van der Waals surface area contributed by atoms with Gasteiger partial charge >= 0.3 is 37.7 Å². The van der Waals surface area contributed by atoms with Crippen molar-refractivity contribution in [3.63, 3.8) is 0 Å². The zero-order valence-corrected chi connectivity index (χ0v) is 7.87. The number of carboxylic acid groups (broad SMARTS) is 2. The third-order valence-corrected chi connectivity index (χ3v) is 1.20. The monoisotopic (exact) mass is 178 g/mol. The molecule has 1 aromatic rings. The number of hydrogen-bond acceptors (Lipinski definition) is 2. The number of carboxylic acids is 2. The molecule has 0 bridgehead atoms. The van der Waals surface area contributed by atoms with Gasteiger partial charge in [0.1, 0.15) is 0 Å². The fourth-order valence-electron chi connectivity index (χ4n) is 0.630. The van der Waals surface area contributed by atoms with E-state index in [1.165, 1.54) is 0 Å². The summed E-state index contributed by atoms with van der Waals surface area (Å²) in [6.45, 7) is 0. The van der Waals surface area contributed by atoms with Crippen LogP contribution in [0.5, 0.6) is 0 Å². The van der Waals surface area contributed by atoms with E-state index in [1.54, 1.807) is 0 Å². The molecule has 14 heavy (non-hydrogen) atoms. The van der Waals surface area contributed by atoms with Crippen LogP contribution in [0.3, 0.4) is 0 Å². The molecule has 0 aromatic heterocycles. The Balaban J connectivity index is 0. The fourth-order valence-corrected chi connectivity index (χ4v) is 0.630. The van der Waals surface area contributed by atoms with Crippen LogP contribution < -0.4 is 37.7 Å². The zero-order chi connectivity index (χ0) is 9.14. The topological polar surface area (TPSA) is 74.6 Å². The Morgan fingerprint density at radius 3 is 1.36 bits per heavy atom. The zero-order valence-electron chi connectivity index (χ0n) is 7.87. The fraction of sp³-hybridized carbons (Fsp3) is 0. The van der Waals surface area contributed by atoms with Crippen molar-refractivity contribution in [2.75, 3.05) is 0 Å². The molecule has 0 spiro atoms. The molecule has 0 radical (unpaired) electrons. The number of hydrogen-bond donors (Lipinski definition) is 2. The molecule has 6 heteroatoms. The van der Waals surface area contributed by atoms with Crippen molar-refractivity contribution in [3.8, 4) is 0 Å². The third-order valence-electron chi connectivity index (χ3n) is 1.20. The molecule has 0 heterocycles. The van der Waals surface area contributed by atoms with Crippen LogP contribution in [0.4, 0.5) is 0 Å². The summed E-state index contributed by atoms with van der Waals surface area (Å²) < 4.78 is 0. The minimum Gasteiger partial charge on any atom is -0.528 e. The summed E-state index contributed by atoms with van der Waals surface area (Å²) in [6, 6.07) is 6.76. The third kappa shape index (κ3) is 4.04. The summed E-state index contributed by atoms with van der Waals surface area (Å²) >= 11 is 0. The first kappa shape index (κ1) is 15.8. The molecule has 1 rings (SSSR count). The minimum atomic E-state index is -1.15. The van der Waals surface area contributed by atoms with E-state index in [4.69, 9.17) is 10.2 Å². The Morgan fingerprint density at radius 1 is 0.929 bits per heavy atom. The van der Waals surface area contributed by atoms with Gasteiger partial charge in [0.25, 0.3) is 0 Å². The molecule has 0 aliphatic heterocycles. The summed E-state index contributed by atoms with van der Waals surface area (Å²) in [5.41, 5.74) is -0.194. The standard InChI is InChI=1S/C8H4O4.2Li/c9-7(10)5-1-2-6(4-3-5)8(11)12;;/h1,4H,(H,9,10)(H,11,12);;/q-2;2*+1. The Bertz CT molecular complexity index is 288. The average molecular weight is 178 g/mol. The smallest absolute Gasteiger partial charge is 0.528 e. The number of benzene rings is 1. The van der Waals surface area contributed by atoms with Gasteiger partial charge in [0.05, 0.1) is 0 Å². The Hall–Kier alpha value is -0.645. The largest absolute Gasteiger partial charge is 1.00 e. The van der Waals surface area contributed by atoms with Crippen LogP contribution in [0.2, 0.25) is 0 Å². The second kappa shape index (κ2) is 6.76. The van der Waals surface area contributed by atoms with E-state index in [0.717, 1.165) is 12.1 Å². The first-order valence-electron chi connectivity index (χ1n) is 3.01. The Kier molecular flexibility index (Phi) is 7.63. The van der Waals surface area contributed by atoms with Gasteiger partial charge in [-0.1, -0.05) is 0 Å². The van der Waals surface area contributed by atoms with Gasteiger partial charge in [-0.3, -0.25) is 0 Å². The summed E-state index contributed by atoms with van der Waals surface area (Å²) in [6.07, 6.45) is 0. The van der Waals surface area contributed by atoms with Gasteiger partial charge < -0.3 is 19.8 Å². The molecule has 0 amide bonds. The number of aromatic carboxylic acids is 2. The van der Waals surface area contributed by atoms with E-state index in [2.05, 4.69) is 12.1 Å². The van der Waals surface area contributed by atoms with E-state index in [0.29, 0.717) is 0 Å². The van der Waals surface area contributed by atoms with E-state index in [-0.39, 0.29) is 48.8 Å². The molecule has 0 atom stereocenters. The van der Waals surface area contributed by atoms with E-state index < -0.39 is 11.9 Å². The molecule has 0 fully saturated rings. The Labute approximate surface area is 105 Å². The van der Waals surface area contributed by atoms with Gasteiger partial charge in [-0.05, 0) is 0 Å². The SMILES string of the molecule is O=C(O)c1[c-]cc(C(=O)O)[c-]c1.[Li+].[Li+]. The van der Waals surface area contributed by atoms with Crippen LogP contribution >= 0.6 is 0 Å². The van der Waals surface area contributed by atoms with Crippen molar-refractivity contribution in [1.82, 2.24) is 0 Å². The predicted octanol–water partition coefficient (Wildman–Crippen LogP) is -5.31. The number of carbonyl (C=O) groups is 2. The first-order chi connectivity index (χ1) is 5.61. The molecule has 0 aliphatic rings. The van der Waals surface area contributed by atoms with Crippen molar-refractivity contribution in [2.24, 2.45) is 0 Å². The maximum absolute atomic E-state index is 10.3. The van der Waals surface area contributed by atoms with Crippen LogP contribution in [0.25, 0.3) is 0 Å². The summed E-state index contributed by atoms with van der Waals surface area (Å²) in [4.78, 5) is 20.6. The van der Waals surface area contributed by atoms with E-state index in [9.17, 15) is 9.59 Å². The van der Waals surface area contributed by atoms with Crippen LogP contribution in [0.15, 0.2) is 12.1 Å². The maximum Gasteiger partial charge on any atom is 1.00 e. The molecule has 0 unspecified atom stereocenters. The van der Waals surface area contributed by atoms with Gasteiger partial charge in [-0.15, -0.1) is 0 Å². The van der Waals surface area contributed by atoms with E-state index >= 15 is 0 Å². The van der Waals surface area contributed by atoms with E-state index in [1.807, 2.05) is 0 Å². The second-order valence-electron chi connectivity index (χ2n) is 2.02. The van der Waals surface area contributed by atoms with Crippen LogP contribution in [-0.2, 0) is 0 Å². The van der Waals surface area contributed by atoms with Gasteiger partial charge in [-0.2, -0.15) is 11.1 Å². The van der Waals surface area contributed by atoms with Crippen molar-refractivity contribution < 1.29 is 57.5 Å². The van der Waals surface area contributed by atoms with Gasteiger partial charge in [0, 0.05) is 0 Å². The van der Waals surface area contributed by atoms with Gasteiger partial charge in [-0.25, -0.2) is 24.3 Å². The van der Waals surface area contributed by atoms with Crippen molar-refractivity contribution >= 4 is 11.9 Å². The minimum absolute atomic E-state index is 0. The molecule has 0 saturated heterocycles. The second-order valence-corrected chi connectivity index (χ2v) is 2.02. The molecule has 62 valence electrons. The Morgan fingerprint density at radius 2 is 1.21 bits per heavy atom. The first-order valence-corrected chi connectivity index (χ1v) is 3.01. The van der Waals surface area contributed by atoms with Gasteiger partial charge in [0.15, 0.2) is 0 Å². The average Bonchev–Trinajstić information content (AvgIpc) is 2.04. The molecular formula is C8H4Li2O4. The van der Waals surface area contributed by atoms with Crippen molar-refractivity contribution in [3.05, 3.63) is 35.4 Å². The molecule has 4 nitrogen and oxygen atoms in total. The normalized spacial score (nSPS) is 8.00. The van der Waals surface area contributed by atoms with Crippen LogP contribution in [-0.4, -0.2) is 22.2 Å². The number of rotatable bonds is 2. The molecule has 2 N–H and O–H groups in total. The van der Waals surface area contributed by atoms with Crippen LogP contribution in [0.1, 0.15) is 20.7 Å². The quantitative estimate of drug-likeness (QED) is 0.350. The molecule has 0 aliphatic carbocycles. The summed E-state index contributed by atoms with van der Waals surface area (Å²) in [5, 5.41) is 16.8.